The lowest BCUT2D eigenvalue weighted by molar-refractivity contribution is -0.140. The van der Waals surface area contributed by atoms with Crippen molar-refractivity contribution in [1.29, 1.82) is 0 Å². The summed E-state index contributed by atoms with van der Waals surface area (Å²) < 4.78 is 78.8. The number of anilines is 2. The SMILES string of the molecule is CN=S(C)(=O)c1cc(O)cc(NCC#Cc2cc3c(NC4CCN(C)CC4CCOCCOCCO[Si](c4ccccc4)(c4ccccc4)C(C)(C)C)cccc3n2CC(F)(F)F)c1. The normalized spacial score (nSPS) is 17.1. The van der Waals surface area contributed by atoms with E-state index >= 15 is 0 Å². The van der Waals surface area contributed by atoms with Crippen LogP contribution in [0, 0.1) is 17.8 Å². The summed E-state index contributed by atoms with van der Waals surface area (Å²) in [6.45, 7) is 9.77. The summed E-state index contributed by atoms with van der Waals surface area (Å²) in [6, 6.07) is 32.7. The van der Waals surface area contributed by atoms with Crippen LogP contribution in [-0.2, 0) is 30.2 Å². The number of benzene rings is 4. The summed E-state index contributed by atoms with van der Waals surface area (Å²) in [7, 11) is -1.78. The molecule has 344 valence electrons. The minimum atomic E-state index is -4.47. The number of ether oxygens (including phenoxy) is 2. The van der Waals surface area contributed by atoms with Gasteiger partial charge in [0.15, 0.2) is 0 Å². The summed E-state index contributed by atoms with van der Waals surface area (Å²) in [6.07, 6.45) is -1.33. The first-order chi connectivity index (χ1) is 30.5. The van der Waals surface area contributed by atoms with Crippen molar-refractivity contribution in [2.45, 2.75) is 62.3 Å². The van der Waals surface area contributed by atoms with Crippen LogP contribution in [0.5, 0.6) is 5.75 Å². The number of likely N-dealkylation sites (tertiary alicyclic amines) is 1. The maximum atomic E-state index is 14.0. The molecule has 1 aromatic heterocycles. The Balaban J connectivity index is 1.05. The van der Waals surface area contributed by atoms with Gasteiger partial charge in [-0.3, -0.25) is 0 Å². The third-order valence-electron chi connectivity index (χ3n) is 11.8. The number of aromatic nitrogens is 1. The van der Waals surface area contributed by atoms with E-state index in [1.165, 1.54) is 40.4 Å². The van der Waals surface area contributed by atoms with Gasteiger partial charge in [0, 0.05) is 55.3 Å². The van der Waals surface area contributed by atoms with Gasteiger partial charge in [-0.05, 0) is 84.0 Å². The molecule has 15 heteroatoms. The van der Waals surface area contributed by atoms with E-state index in [1.807, 2.05) is 18.2 Å². The molecule has 10 nitrogen and oxygen atoms in total. The first-order valence-corrected chi connectivity index (χ1v) is 25.6. The van der Waals surface area contributed by atoms with Crippen molar-refractivity contribution in [3.05, 3.63) is 109 Å². The topological polar surface area (TPSA) is 110 Å². The van der Waals surface area contributed by atoms with Crippen LogP contribution < -0.4 is 21.0 Å². The van der Waals surface area contributed by atoms with Crippen molar-refractivity contribution in [2.75, 3.05) is 83.7 Å². The third-order valence-corrected chi connectivity index (χ3v) is 18.7. The van der Waals surface area contributed by atoms with Gasteiger partial charge in [-0.2, -0.15) is 13.2 Å². The highest BCUT2D eigenvalue weighted by Crippen LogP contribution is 2.37. The summed E-state index contributed by atoms with van der Waals surface area (Å²) in [5.74, 6) is 6.02. The van der Waals surface area contributed by atoms with Crippen molar-refractivity contribution in [3.8, 4) is 17.6 Å². The number of fused-ring (bicyclic) bond motifs is 1. The molecule has 0 bridgehead atoms. The van der Waals surface area contributed by atoms with Crippen LogP contribution in [0.3, 0.4) is 0 Å². The molecule has 0 amide bonds. The molecule has 1 fully saturated rings. The molecule has 0 spiro atoms. The maximum Gasteiger partial charge on any atom is 0.406 e. The Morgan fingerprint density at radius 2 is 1.55 bits per heavy atom. The zero-order valence-electron chi connectivity index (χ0n) is 37.7. The smallest absolute Gasteiger partial charge is 0.406 e. The standard InChI is InChI=1S/C49H62F3N5O5SSi/c1-48(2,3)64(42-16-9-7-10-17-42,43-18-11-8-12-19-43)62-30-29-61-28-27-60-26-23-37-35-56(5)25-22-45(37)55-46-20-13-21-47-44(46)33-39(57(47)36-49(50,51)52)15-14-24-54-38-31-40(58)34-41(32-38)63(6,59)53-4/h7-13,16-21,31-34,37,45,54-55,58H,22-30,35-36H2,1-6H3. The molecule has 1 saturated heterocycles. The Hall–Kier alpha value is -4.82. The van der Waals surface area contributed by atoms with Gasteiger partial charge in [0.05, 0.1) is 58.8 Å². The quantitative estimate of drug-likeness (QED) is 0.0459. The van der Waals surface area contributed by atoms with Crippen molar-refractivity contribution in [3.63, 3.8) is 0 Å². The Morgan fingerprint density at radius 1 is 0.891 bits per heavy atom. The van der Waals surface area contributed by atoms with E-state index in [9.17, 15) is 22.5 Å². The van der Waals surface area contributed by atoms with Gasteiger partial charge in [-0.1, -0.05) is 93.4 Å². The summed E-state index contributed by atoms with van der Waals surface area (Å²) in [5.41, 5.74) is 1.88. The first-order valence-electron chi connectivity index (χ1n) is 21.7. The number of halogens is 3. The lowest BCUT2D eigenvalue weighted by atomic mass is 9.89. The zero-order chi connectivity index (χ0) is 46.0. The van der Waals surface area contributed by atoms with E-state index in [2.05, 4.69) is 108 Å². The fraction of sp³-hybridized carbons (Fsp3) is 0.429. The molecule has 0 radical (unpaired) electrons. The average molecular weight is 918 g/mol. The van der Waals surface area contributed by atoms with Crippen LogP contribution in [0.4, 0.5) is 24.5 Å². The highest BCUT2D eigenvalue weighted by molar-refractivity contribution is 7.93. The number of piperidine rings is 1. The second-order valence-corrected chi connectivity index (χ2v) is 24.2. The van der Waals surface area contributed by atoms with Gasteiger partial charge in [0.1, 0.15) is 12.3 Å². The summed E-state index contributed by atoms with van der Waals surface area (Å²) in [5, 5.41) is 20.0. The predicted molar refractivity (Wildman–Crippen MR) is 255 cm³/mol. The molecule has 3 unspecified atom stereocenters. The fourth-order valence-corrected chi connectivity index (χ4v) is 14.1. The number of nitrogens with zero attached hydrogens (tertiary/aromatic N) is 3. The number of rotatable bonds is 18. The van der Waals surface area contributed by atoms with E-state index in [0.717, 1.165) is 31.6 Å². The van der Waals surface area contributed by atoms with Crippen LogP contribution in [0.1, 0.15) is 39.3 Å². The van der Waals surface area contributed by atoms with Gasteiger partial charge in [0.2, 0.25) is 0 Å². The molecular formula is C49H62F3N5O5SSi. The van der Waals surface area contributed by atoms with Crippen molar-refractivity contribution in [2.24, 2.45) is 10.3 Å². The van der Waals surface area contributed by atoms with E-state index in [4.69, 9.17) is 13.9 Å². The summed E-state index contributed by atoms with van der Waals surface area (Å²) >= 11 is 0. The molecule has 5 aromatic rings. The van der Waals surface area contributed by atoms with Crippen LogP contribution >= 0.6 is 0 Å². The molecule has 1 aliphatic heterocycles. The highest BCUT2D eigenvalue weighted by Gasteiger charge is 2.50. The van der Waals surface area contributed by atoms with Gasteiger partial charge in [-0.25, -0.2) is 8.57 Å². The number of nitrogens with one attached hydrogen (secondary N) is 2. The van der Waals surface area contributed by atoms with E-state index in [-0.39, 0.29) is 35.0 Å². The second-order valence-electron chi connectivity index (χ2n) is 17.4. The molecule has 6 rings (SSSR count). The molecule has 1 aliphatic rings. The Labute approximate surface area is 377 Å². The van der Waals surface area contributed by atoms with E-state index < -0.39 is 30.8 Å². The second kappa shape index (κ2) is 21.4. The average Bonchev–Trinajstić information content (AvgIpc) is 3.60. The number of hydrogen-bond donors (Lipinski definition) is 3. The van der Waals surface area contributed by atoms with Crippen LogP contribution in [0.25, 0.3) is 10.9 Å². The van der Waals surface area contributed by atoms with Crippen molar-refractivity contribution >= 4 is 50.7 Å². The van der Waals surface area contributed by atoms with Crippen molar-refractivity contribution < 1.29 is 36.4 Å². The van der Waals surface area contributed by atoms with Gasteiger partial charge >= 0.3 is 6.18 Å². The molecule has 64 heavy (non-hydrogen) atoms. The molecule has 2 heterocycles. The van der Waals surface area contributed by atoms with Gasteiger partial charge < -0.3 is 39.1 Å². The first kappa shape index (κ1) is 48.6. The minimum absolute atomic E-state index is 0.0680. The third kappa shape index (κ3) is 12.3. The molecule has 4 aromatic carbocycles. The number of hydrogen-bond acceptors (Lipinski definition) is 9. The molecule has 3 atom stereocenters. The lowest BCUT2D eigenvalue weighted by Crippen LogP contribution is -2.66. The largest absolute Gasteiger partial charge is 0.508 e. The predicted octanol–water partition coefficient (Wildman–Crippen LogP) is 8.19. The fourth-order valence-electron chi connectivity index (χ4n) is 8.62. The zero-order valence-corrected chi connectivity index (χ0v) is 39.5. The number of phenols is 1. The Bertz CT molecular complexity index is 2460. The number of aromatic hydroxyl groups is 1. The summed E-state index contributed by atoms with van der Waals surface area (Å²) in [4.78, 5) is 2.65. The lowest BCUT2D eigenvalue weighted by Gasteiger charge is -2.43. The minimum Gasteiger partial charge on any atom is -0.508 e. The Morgan fingerprint density at radius 3 is 2.19 bits per heavy atom. The van der Waals surface area contributed by atoms with E-state index in [0.29, 0.717) is 54.5 Å². The Kier molecular flexibility index (Phi) is 16.3. The van der Waals surface area contributed by atoms with Crippen molar-refractivity contribution in [1.82, 2.24) is 9.47 Å². The number of phenolic OH excluding ortho intramolecular Hbond substituents is 1. The molecule has 0 saturated carbocycles. The van der Waals surface area contributed by atoms with Crippen LogP contribution in [0.2, 0.25) is 5.04 Å². The molecule has 0 aliphatic carbocycles. The monoisotopic (exact) mass is 917 g/mol. The van der Waals surface area contributed by atoms with E-state index in [1.54, 1.807) is 24.3 Å². The van der Waals surface area contributed by atoms with Gasteiger partial charge in [0.25, 0.3) is 8.32 Å². The molecule has 3 N–H and O–H groups in total. The maximum absolute atomic E-state index is 14.0. The highest BCUT2D eigenvalue weighted by atomic mass is 32.2. The van der Waals surface area contributed by atoms with Gasteiger partial charge in [-0.15, -0.1) is 0 Å². The van der Waals surface area contributed by atoms with Crippen LogP contribution in [0.15, 0.2) is 112 Å². The van der Waals surface area contributed by atoms with Crippen LogP contribution in [-0.4, -0.2) is 112 Å². The number of alkyl halides is 3. The molecular weight excluding hydrogens is 856 g/mol.